The van der Waals surface area contributed by atoms with Crippen LogP contribution in [-0.2, 0) is 6.54 Å². The molecule has 0 amide bonds. The summed E-state index contributed by atoms with van der Waals surface area (Å²) in [6, 6.07) is 9.62. The van der Waals surface area contributed by atoms with Crippen molar-refractivity contribution in [1.29, 1.82) is 0 Å². The standard InChI is InChI=1S/C20H32N2O2/c1-24-20-9-5-6-17(14-20)15-21-11-12-22(19(16-21)10-13-23)18-7-3-2-4-8-18/h5-6,9,14,18-19,23H,2-4,7-8,10-13,15-16H2,1H3/t19-/m1/s1. The maximum Gasteiger partial charge on any atom is 0.119 e. The molecule has 1 heterocycles. The fourth-order valence-electron chi connectivity index (χ4n) is 4.41. The van der Waals surface area contributed by atoms with Crippen molar-refractivity contribution in [2.75, 3.05) is 33.4 Å². The average molecular weight is 332 g/mol. The number of piperazine rings is 1. The lowest BCUT2D eigenvalue weighted by molar-refractivity contribution is 0.0136. The van der Waals surface area contributed by atoms with Crippen LogP contribution in [0.2, 0.25) is 0 Å². The Labute approximate surface area is 146 Å². The predicted molar refractivity (Wildman–Crippen MR) is 97.3 cm³/mol. The number of rotatable bonds is 6. The van der Waals surface area contributed by atoms with Crippen molar-refractivity contribution in [1.82, 2.24) is 9.80 Å². The van der Waals surface area contributed by atoms with Crippen LogP contribution in [0.1, 0.15) is 44.1 Å². The molecule has 1 N–H and O–H groups in total. The number of methoxy groups -OCH3 is 1. The Balaban J connectivity index is 1.61. The Bertz CT molecular complexity index is 502. The van der Waals surface area contributed by atoms with E-state index < -0.39 is 0 Å². The molecule has 1 aromatic rings. The first-order valence-corrected chi connectivity index (χ1v) is 9.52. The molecule has 1 saturated carbocycles. The molecule has 2 aliphatic rings. The summed E-state index contributed by atoms with van der Waals surface area (Å²) in [7, 11) is 1.72. The van der Waals surface area contributed by atoms with Gasteiger partial charge in [0.15, 0.2) is 0 Å². The second-order valence-electron chi connectivity index (χ2n) is 7.28. The Morgan fingerprint density at radius 2 is 2.00 bits per heavy atom. The van der Waals surface area contributed by atoms with Gasteiger partial charge in [-0.1, -0.05) is 31.4 Å². The van der Waals surface area contributed by atoms with E-state index in [2.05, 4.69) is 28.0 Å². The highest BCUT2D eigenvalue weighted by Gasteiger charge is 2.32. The summed E-state index contributed by atoms with van der Waals surface area (Å²) in [5.41, 5.74) is 1.31. The molecular weight excluding hydrogens is 300 g/mol. The number of hydrogen-bond acceptors (Lipinski definition) is 4. The summed E-state index contributed by atoms with van der Waals surface area (Å²) in [6.45, 7) is 4.59. The fourth-order valence-corrected chi connectivity index (χ4v) is 4.41. The molecule has 1 aliphatic heterocycles. The third kappa shape index (κ3) is 4.50. The second kappa shape index (κ2) is 8.84. The molecular formula is C20H32N2O2. The molecule has 24 heavy (non-hydrogen) atoms. The number of ether oxygens (including phenoxy) is 1. The molecule has 2 fully saturated rings. The van der Waals surface area contributed by atoms with E-state index in [4.69, 9.17) is 4.74 Å². The number of aliphatic hydroxyl groups excluding tert-OH is 1. The van der Waals surface area contributed by atoms with Crippen LogP contribution < -0.4 is 4.74 Å². The van der Waals surface area contributed by atoms with Crippen LogP contribution in [0.3, 0.4) is 0 Å². The highest BCUT2D eigenvalue weighted by atomic mass is 16.5. The lowest BCUT2D eigenvalue weighted by atomic mass is 9.91. The first-order chi connectivity index (χ1) is 11.8. The highest BCUT2D eigenvalue weighted by Crippen LogP contribution is 2.27. The van der Waals surface area contributed by atoms with Crippen LogP contribution >= 0.6 is 0 Å². The zero-order valence-corrected chi connectivity index (χ0v) is 15.0. The van der Waals surface area contributed by atoms with Crippen molar-refractivity contribution in [2.45, 2.75) is 57.2 Å². The molecule has 3 rings (SSSR count). The molecule has 0 bridgehead atoms. The minimum absolute atomic E-state index is 0.293. The van der Waals surface area contributed by atoms with Gasteiger partial charge in [-0.25, -0.2) is 0 Å². The van der Waals surface area contributed by atoms with Gasteiger partial charge in [0.2, 0.25) is 0 Å². The molecule has 0 unspecified atom stereocenters. The van der Waals surface area contributed by atoms with Gasteiger partial charge in [0.05, 0.1) is 7.11 Å². The van der Waals surface area contributed by atoms with E-state index in [0.29, 0.717) is 12.6 Å². The normalized spacial score (nSPS) is 24.2. The number of aliphatic hydroxyl groups is 1. The first kappa shape index (κ1) is 17.7. The number of nitrogens with zero attached hydrogens (tertiary/aromatic N) is 2. The van der Waals surface area contributed by atoms with Crippen LogP contribution in [0.5, 0.6) is 5.75 Å². The summed E-state index contributed by atoms with van der Waals surface area (Å²) >= 11 is 0. The van der Waals surface area contributed by atoms with Crippen molar-refractivity contribution >= 4 is 0 Å². The zero-order valence-electron chi connectivity index (χ0n) is 15.0. The molecule has 4 heteroatoms. The summed E-state index contributed by atoms with van der Waals surface area (Å²) in [5, 5.41) is 9.52. The van der Waals surface area contributed by atoms with Gasteiger partial charge in [-0.2, -0.15) is 0 Å². The Morgan fingerprint density at radius 3 is 2.75 bits per heavy atom. The minimum Gasteiger partial charge on any atom is -0.497 e. The summed E-state index contributed by atoms with van der Waals surface area (Å²) in [6.07, 6.45) is 7.73. The van der Waals surface area contributed by atoms with E-state index in [-0.39, 0.29) is 0 Å². The number of benzene rings is 1. The lowest BCUT2D eigenvalue weighted by Gasteiger charge is -2.46. The van der Waals surface area contributed by atoms with Crippen molar-refractivity contribution in [3.05, 3.63) is 29.8 Å². The van der Waals surface area contributed by atoms with Crippen LogP contribution in [0, 0.1) is 0 Å². The van der Waals surface area contributed by atoms with Gasteiger partial charge >= 0.3 is 0 Å². The molecule has 134 valence electrons. The predicted octanol–water partition coefficient (Wildman–Crippen LogP) is 2.90. The van der Waals surface area contributed by atoms with E-state index in [9.17, 15) is 5.11 Å². The van der Waals surface area contributed by atoms with E-state index in [0.717, 1.165) is 44.4 Å². The zero-order chi connectivity index (χ0) is 16.8. The monoisotopic (exact) mass is 332 g/mol. The average Bonchev–Trinajstić information content (AvgIpc) is 2.63. The Kier molecular flexibility index (Phi) is 6.52. The lowest BCUT2D eigenvalue weighted by Crippen LogP contribution is -2.56. The van der Waals surface area contributed by atoms with Crippen molar-refractivity contribution < 1.29 is 9.84 Å². The highest BCUT2D eigenvalue weighted by molar-refractivity contribution is 5.28. The summed E-state index contributed by atoms with van der Waals surface area (Å²) < 4.78 is 5.34. The van der Waals surface area contributed by atoms with Crippen LogP contribution in [0.15, 0.2) is 24.3 Å². The van der Waals surface area contributed by atoms with Gasteiger partial charge in [0, 0.05) is 44.9 Å². The molecule has 1 aliphatic carbocycles. The third-order valence-corrected chi connectivity index (χ3v) is 5.66. The Hall–Kier alpha value is -1.10. The van der Waals surface area contributed by atoms with E-state index >= 15 is 0 Å². The van der Waals surface area contributed by atoms with E-state index in [1.807, 2.05) is 6.07 Å². The molecule has 1 atom stereocenters. The molecule has 4 nitrogen and oxygen atoms in total. The first-order valence-electron chi connectivity index (χ1n) is 9.52. The van der Waals surface area contributed by atoms with Crippen molar-refractivity contribution in [3.8, 4) is 5.75 Å². The molecule has 0 aromatic heterocycles. The van der Waals surface area contributed by atoms with Crippen LogP contribution in [0.25, 0.3) is 0 Å². The van der Waals surface area contributed by atoms with Gasteiger partial charge < -0.3 is 9.84 Å². The molecule has 0 radical (unpaired) electrons. The fraction of sp³-hybridized carbons (Fsp3) is 0.700. The topological polar surface area (TPSA) is 35.9 Å². The van der Waals surface area contributed by atoms with Crippen LogP contribution in [0.4, 0.5) is 0 Å². The summed E-state index contributed by atoms with van der Waals surface area (Å²) in [4.78, 5) is 5.24. The van der Waals surface area contributed by atoms with Gasteiger partial charge in [0.25, 0.3) is 0 Å². The quantitative estimate of drug-likeness (QED) is 0.869. The smallest absolute Gasteiger partial charge is 0.119 e. The third-order valence-electron chi connectivity index (χ3n) is 5.66. The Morgan fingerprint density at radius 1 is 1.17 bits per heavy atom. The van der Waals surface area contributed by atoms with Gasteiger partial charge in [0.1, 0.15) is 5.75 Å². The SMILES string of the molecule is COc1cccc(CN2CCN(C3CCCCC3)[C@H](CCO)C2)c1. The van der Waals surface area contributed by atoms with Gasteiger partial charge in [-0.15, -0.1) is 0 Å². The van der Waals surface area contributed by atoms with Gasteiger partial charge in [-0.05, 0) is 37.0 Å². The van der Waals surface area contributed by atoms with Crippen molar-refractivity contribution in [3.63, 3.8) is 0 Å². The van der Waals surface area contributed by atoms with E-state index in [1.54, 1.807) is 7.11 Å². The molecule has 1 aromatic carbocycles. The maximum atomic E-state index is 9.52. The molecule has 0 spiro atoms. The van der Waals surface area contributed by atoms with Crippen LogP contribution in [-0.4, -0.2) is 60.3 Å². The maximum absolute atomic E-state index is 9.52. The molecule has 1 saturated heterocycles. The number of hydrogen-bond donors (Lipinski definition) is 1. The van der Waals surface area contributed by atoms with Crippen molar-refractivity contribution in [2.24, 2.45) is 0 Å². The largest absolute Gasteiger partial charge is 0.497 e. The second-order valence-corrected chi connectivity index (χ2v) is 7.28. The minimum atomic E-state index is 0.293. The van der Waals surface area contributed by atoms with E-state index in [1.165, 1.54) is 37.7 Å². The van der Waals surface area contributed by atoms with Gasteiger partial charge in [-0.3, -0.25) is 9.80 Å². The summed E-state index contributed by atoms with van der Waals surface area (Å²) in [5.74, 6) is 0.931.